The standard InChI is InChI=1S/C17H22N2O4S/c1-12-17(18-13(2)23-12)15-5-7-16(8-6-15)24(21,22)19-9-3-4-14(10-19)11-20/h5-8,14,20H,3-4,9-11H2,1-2H3. The number of hydrogen-bond donors (Lipinski definition) is 1. The zero-order chi connectivity index (χ0) is 17.3. The number of piperidine rings is 1. The molecular formula is C17H22N2O4S. The molecule has 1 aliphatic rings. The van der Waals surface area contributed by atoms with Gasteiger partial charge in [-0.05, 0) is 37.8 Å². The molecule has 1 N–H and O–H groups in total. The highest BCUT2D eigenvalue weighted by Gasteiger charge is 2.30. The van der Waals surface area contributed by atoms with Crippen molar-refractivity contribution in [2.24, 2.45) is 5.92 Å². The number of oxazole rings is 1. The molecule has 1 fully saturated rings. The number of aromatic nitrogens is 1. The molecule has 1 atom stereocenters. The highest BCUT2D eigenvalue weighted by molar-refractivity contribution is 7.89. The molecule has 1 unspecified atom stereocenters. The van der Waals surface area contributed by atoms with Crippen molar-refractivity contribution in [1.82, 2.24) is 9.29 Å². The second kappa shape index (κ2) is 6.66. The first-order valence-corrected chi connectivity index (χ1v) is 9.51. The Hall–Kier alpha value is -1.70. The molecule has 2 heterocycles. The lowest BCUT2D eigenvalue weighted by Gasteiger charge is -2.30. The highest BCUT2D eigenvalue weighted by Crippen LogP contribution is 2.27. The Morgan fingerprint density at radius 2 is 2.00 bits per heavy atom. The Balaban J connectivity index is 1.85. The molecule has 0 spiro atoms. The molecule has 1 aromatic carbocycles. The first kappa shape index (κ1) is 17.1. The van der Waals surface area contributed by atoms with Crippen LogP contribution in [0.15, 0.2) is 33.6 Å². The van der Waals surface area contributed by atoms with Crippen molar-refractivity contribution < 1.29 is 17.9 Å². The average molecular weight is 350 g/mol. The van der Waals surface area contributed by atoms with E-state index < -0.39 is 10.0 Å². The number of nitrogens with zero attached hydrogens (tertiary/aromatic N) is 2. The van der Waals surface area contributed by atoms with Gasteiger partial charge >= 0.3 is 0 Å². The quantitative estimate of drug-likeness (QED) is 0.915. The first-order chi connectivity index (χ1) is 11.4. The second-order valence-corrected chi connectivity index (χ2v) is 8.15. The van der Waals surface area contributed by atoms with Gasteiger partial charge in [-0.25, -0.2) is 13.4 Å². The number of sulfonamides is 1. The number of rotatable bonds is 4. The molecule has 24 heavy (non-hydrogen) atoms. The van der Waals surface area contributed by atoms with Crippen molar-refractivity contribution in [3.63, 3.8) is 0 Å². The maximum Gasteiger partial charge on any atom is 0.243 e. The molecule has 2 aromatic rings. The van der Waals surface area contributed by atoms with Gasteiger partial charge in [-0.2, -0.15) is 4.31 Å². The molecule has 1 aliphatic heterocycles. The van der Waals surface area contributed by atoms with Crippen LogP contribution in [0.4, 0.5) is 0 Å². The van der Waals surface area contributed by atoms with Gasteiger partial charge < -0.3 is 9.52 Å². The molecule has 6 nitrogen and oxygen atoms in total. The maximum atomic E-state index is 12.8. The summed E-state index contributed by atoms with van der Waals surface area (Å²) in [5, 5.41) is 9.30. The van der Waals surface area contributed by atoms with Crippen LogP contribution in [-0.4, -0.2) is 42.5 Å². The van der Waals surface area contributed by atoms with Crippen molar-refractivity contribution in [1.29, 1.82) is 0 Å². The fourth-order valence-electron chi connectivity index (χ4n) is 3.12. The molecule has 0 bridgehead atoms. The summed E-state index contributed by atoms with van der Waals surface area (Å²) < 4.78 is 32.5. The van der Waals surface area contributed by atoms with E-state index in [2.05, 4.69) is 4.98 Å². The molecule has 0 aliphatic carbocycles. The fraction of sp³-hybridized carbons (Fsp3) is 0.471. The minimum Gasteiger partial charge on any atom is -0.446 e. The van der Waals surface area contributed by atoms with Gasteiger partial charge in [0.2, 0.25) is 10.0 Å². The molecule has 7 heteroatoms. The van der Waals surface area contributed by atoms with E-state index in [4.69, 9.17) is 4.42 Å². The van der Waals surface area contributed by atoms with E-state index in [1.165, 1.54) is 4.31 Å². The molecule has 130 valence electrons. The summed E-state index contributed by atoms with van der Waals surface area (Å²) in [5.41, 5.74) is 1.56. The summed E-state index contributed by atoms with van der Waals surface area (Å²) in [6.07, 6.45) is 1.65. The number of hydrogen-bond acceptors (Lipinski definition) is 5. The van der Waals surface area contributed by atoms with Crippen LogP contribution in [0.2, 0.25) is 0 Å². The van der Waals surface area contributed by atoms with Crippen LogP contribution >= 0.6 is 0 Å². The van der Waals surface area contributed by atoms with Crippen LogP contribution in [0.3, 0.4) is 0 Å². The van der Waals surface area contributed by atoms with Crippen molar-refractivity contribution in [2.75, 3.05) is 19.7 Å². The lowest BCUT2D eigenvalue weighted by molar-refractivity contribution is 0.165. The highest BCUT2D eigenvalue weighted by atomic mass is 32.2. The van der Waals surface area contributed by atoms with E-state index in [-0.39, 0.29) is 17.4 Å². The van der Waals surface area contributed by atoms with Crippen LogP contribution in [0.5, 0.6) is 0 Å². The molecule has 1 saturated heterocycles. The smallest absolute Gasteiger partial charge is 0.243 e. The summed E-state index contributed by atoms with van der Waals surface area (Å²) in [5.74, 6) is 1.32. The van der Waals surface area contributed by atoms with Gasteiger partial charge in [0, 0.05) is 32.2 Å². The minimum absolute atomic E-state index is 0.0218. The van der Waals surface area contributed by atoms with Gasteiger partial charge in [-0.15, -0.1) is 0 Å². The third kappa shape index (κ3) is 3.24. The molecule has 1 aromatic heterocycles. The zero-order valence-corrected chi connectivity index (χ0v) is 14.7. The first-order valence-electron chi connectivity index (χ1n) is 8.07. The van der Waals surface area contributed by atoms with Crippen molar-refractivity contribution in [3.05, 3.63) is 35.9 Å². The van der Waals surface area contributed by atoms with Crippen LogP contribution in [0, 0.1) is 19.8 Å². The maximum absolute atomic E-state index is 12.8. The largest absolute Gasteiger partial charge is 0.446 e. The van der Waals surface area contributed by atoms with E-state index in [1.807, 2.05) is 6.92 Å². The Morgan fingerprint density at radius 3 is 2.58 bits per heavy atom. The minimum atomic E-state index is -3.53. The number of aliphatic hydroxyl groups is 1. The van der Waals surface area contributed by atoms with Gasteiger partial charge in [0.05, 0.1) is 4.90 Å². The van der Waals surface area contributed by atoms with Gasteiger partial charge in [0.25, 0.3) is 0 Å². The van der Waals surface area contributed by atoms with Gasteiger partial charge in [-0.1, -0.05) is 12.1 Å². The van der Waals surface area contributed by atoms with E-state index in [1.54, 1.807) is 31.2 Å². The zero-order valence-electron chi connectivity index (χ0n) is 13.9. The predicted octanol–water partition coefficient (Wildman–Crippen LogP) is 2.35. The van der Waals surface area contributed by atoms with Crippen LogP contribution in [0.25, 0.3) is 11.3 Å². The predicted molar refractivity (Wildman–Crippen MR) is 90.0 cm³/mol. The Labute approximate surface area is 142 Å². The molecule has 0 saturated carbocycles. The number of aryl methyl sites for hydroxylation is 2. The van der Waals surface area contributed by atoms with E-state index in [9.17, 15) is 13.5 Å². The summed E-state index contributed by atoms with van der Waals surface area (Å²) in [6, 6.07) is 6.72. The summed E-state index contributed by atoms with van der Waals surface area (Å²) in [6.45, 7) is 4.52. The molecule has 0 amide bonds. The third-order valence-electron chi connectivity index (χ3n) is 4.41. The van der Waals surface area contributed by atoms with Crippen LogP contribution in [0.1, 0.15) is 24.5 Å². The van der Waals surface area contributed by atoms with E-state index in [0.29, 0.717) is 24.7 Å². The fourth-order valence-corrected chi connectivity index (χ4v) is 4.68. The van der Waals surface area contributed by atoms with E-state index in [0.717, 1.165) is 24.1 Å². The van der Waals surface area contributed by atoms with Crippen LogP contribution < -0.4 is 0 Å². The van der Waals surface area contributed by atoms with Crippen molar-refractivity contribution in [2.45, 2.75) is 31.6 Å². The second-order valence-electron chi connectivity index (χ2n) is 6.22. The normalized spacial score (nSPS) is 19.5. The Bertz CT molecular complexity index is 812. The van der Waals surface area contributed by atoms with Gasteiger partial charge in [0.1, 0.15) is 11.5 Å². The molecule has 3 rings (SSSR count). The molecule has 0 radical (unpaired) electrons. The Morgan fingerprint density at radius 1 is 1.29 bits per heavy atom. The summed E-state index contributed by atoms with van der Waals surface area (Å²) >= 11 is 0. The Kier molecular flexibility index (Phi) is 4.76. The third-order valence-corrected chi connectivity index (χ3v) is 6.29. The van der Waals surface area contributed by atoms with Crippen molar-refractivity contribution in [3.8, 4) is 11.3 Å². The van der Waals surface area contributed by atoms with Gasteiger partial charge in [-0.3, -0.25) is 0 Å². The van der Waals surface area contributed by atoms with E-state index >= 15 is 0 Å². The lowest BCUT2D eigenvalue weighted by Crippen LogP contribution is -2.40. The average Bonchev–Trinajstić information content (AvgIpc) is 2.93. The lowest BCUT2D eigenvalue weighted by atomic mass is 10.0. The summed E-state index contributed by atoms with van der Waals surface area (Å²) in [7, 11) is -3.53. The molecular weight excluding hydrogens is 328 g/mol. The SMILES string of the molecule is Cc1nc(-c2ccc(S(=O)(=O)N3CCCC(CO)C3)cc2)c(C)o1. The summed E-state index contributed by atoms with van der Waals surface area (Å²) in [4.78, 5) is 4.60. The number of benzene rings is 1. The van der Waals surface area contributed by atoms with Crippen LogP contribution in [-0.2, 0) is 10.0 Å². The van der Waals surface area contributed by atoms with Gasteiger partial charge in [0.15, 0.2) is 5.89 Å². The monoisotopic (exact) mass is 350 g/mol. The number of aliphatic hydroxyl groups excluding tert-OH is 1. The topological polar surface area (TPSA) is 83.6 Å². The van der Waals surface area contributed by atoms with Crippen molar-refractivity contribution >= 4 is 10.0 Å².